The van der Waals surface area contributed by atoms with Gasteiger partial charge in [-0.2, -0.15) is 0 Å². The van der Waals surface area contributed by atoms with Crippen LogP contribution in [0.2, 0.25) is 0 Å². The van der Waals surface area contributed by atoms with Crippen molar-refractivity contribution in [3.63, 3.8) is 0 Å². The van der Waals surface area contributed by atoms with E-state index in [1.54, 1.807) is 4.52 Å². The molecule has 0 fully saturated rings. The Morgan fingerprint density at radius 1 is 1.47 bits per heavy atom. The largest absolute Gasteiger partial charge is 0.293 e. The van der Waals surface area contributed by atoms with Crippen molar-refractivity contribution in [2.75, 3.05) is 0 Å². The summed E-state index contributed by atoms with van der Waals surface area (Å²) in [6.07, 6.45) is 2.88. The van der Waals surface area contributed by atoms with Gasteiger partial charge in [0.05, 0.1) is 9.26 Å². The summed E-state index contributed by atoms with van der Waals surface area (Å²) in [7, 11) is 0. The minimum Gasteiger partial charge on any atom is -0.293 e. The molecule has 0 saturated heterocycles. The summed E-state index contributed by atoms with van der Waals surface area (Å²) in [5.74, 6) is 0. The van der Waals surface area contributed by atoms with E-state index in [0.29, 0.717) is 0 Å². The van der Waals surface area contributed by atoms with E-state index >= 15 is 0 Å². The van der Waals surface area contributed by atoms with Crippen molar-refractivity contribution in [3.8, 4) is 0 Å². The number of hydrogen-bond donors (Lipinski definition) is 1. The molecule has 5 heteroatoms. The molecule has 3 rings (SSSR count). The highest BCUT2D eigenvalue weighted by Gasteiger charge is 2.20. The SMILES string of the molecule is Cc1[nH]n2c(=O)c3c(nc2c1I)CCC3. The lowest BCUT2D eigenvalue weighted by Gasteiger charge is -1.98. The maximum atomic E-state index is 12.1. The Kier molecular flexibility index (Phi) is 1.92. The molecule has 1 N–H and O–H groups in total. The second kappa shape index (κ2) is 3.07. The average molecular weight is 315 g/mol. The average Bonchev–Trinajstić information content (AvgIpc) is 2.77. The molecule has 78 valence electrons. The van der Waals surface area contributed by atoms with Gasteiger partial charge in [-0.1, -0.05) is 0 Å². The molecule has 0 bridgehead atoms. The van der Waals surface area contributed by atoms with Gasteiger partial charge in [0.15, 0.2) is 5.65 Å². The van der Waals surface area contributed by atoms with E-state index in [1.165, 1.54) is 0 Å². The van der Waals surface area contributed by atoms with Gasteiger partial charge in [0.25, 0.3) is 5.56 Å². The highest BCUT2D eigenvalue weighted by Crippen LogP contribution is 2.20. The molecule has 0 aromatic carbocycles. The minimum absolute atomic E-state index is 0.0820. The van der Waals surface area contributed by atoms with Gasteiger partial charge in [-0.15, -0.1) is 0 Å². The van der Waals surface area contributed by atoms with Crippen LogP contribution in [-0.4, -0.2) is 14.6 Å². The first-order valence-electron chi connectivity index (χ1n) is 4.97. The molecule has 15 heavy (non-hydrogen) atoms. The van der Waals surface area contributed by atoms with Gasteiger partial charge in [-0.05, 0) is 48.8 Å². The standard InChI is InChI=1S/C10H10IN3O/c1-5-8(11)9-12-7-4-2-3-6(7)10(15)14(9)13-5/h13H,2-4H2,1H3. The summed E-state index contributed by atoms with van der Waals surface area (Å²) in [5.41, 5.74) is 3.75. The maximum absolute atomic E-state index is 12.1. The van der Waals surface area contributed by atoms with E-state index in [-0.39, 0.29) is 5.56 Å². The molecule has 2 aromatic rings. The predicted molar refractivity (Wildman–Crippen MR) is 65.3 cm³/mol. The van der Waals surface area contributed by atoms with Gasteiger partial charge in [0, 0.05) is 11.3 Å². The summed E-state index contributed by atoms with van der Waals surface area (Å²) in [5, 5.41) is 3.06. The van der Waals surface area contributed by atoms with Crippen LogP contribution in [0.1, 0.15) is 23.4 Å². The van der Waals surface area contributed by atoms with Crippen LogP contribution in [0, 0.1) is 10.5 Å². The number of aromatic nitrogens is 3. The first kappa shape index (κ1) is 9.38. The van der Waals surface area contributed by atoms with E-state index in [0.717, 1.165) is 45.4 Å². The zero-order valence-electron chi connectivity index (χ0n) is 8.30. The number of nitrogens with one attached hydrogen (secondary N) is 1. The molecule has 1 aliphatic carbocycles. The molecule has 0 unspecified atom stereocenters. The second-order valence-corrected chi connectivity index (χ2v) is 4.98. The fourth-order valence-electron chi connectivity index (χ4n) is 2.13. The van der Waals surface area contributed by atoms with Crippen molar-refractivity contribution in [3.05, 3.63) is 30.9 Å². The van der Waals surface area contributed by atoms with Crippen LogP contribution in [0.4, 0.5) is 0 Å². The summed E-state index contributed by atoms with van der Waals surface area (Å²) in [6, 6.07) is 0. The minimum atomic E-state index is 0.0820. The lowest BCUT2D eigenvalue weighted by Crippen LogP contribution is -2.20. The topological polar surface area (TPSA) is 50.2 Å². The number of aromatic amines is 1. The van der Waals surface area contributed by atoms with Crippen molar-refractivity contribution in [2.45, 2.75) is 26.2 Å². The fraction of sp³-hybridized carbons (Fsp3) is 0.400. The Morgan fingerprint density at radius 3 is 3.07 bits per heavy atom. The molecular formula is C10H10IN3O. The van der Waals surface area contributed by atoms with Gasteiger partial charge in [-0.25, -0.2) is 9.50 Å². The zero-order valence-corrected chi connectivity index (χ0v) is 10.5. The Balaban J connectivity index is 2.51. The van der Waals surface area contributed by atoms with E-state index in [1.807, 2.05) is 6.92 Å². The monoisotopic (exact) mass is 315 g/mol. The van der Waals surface area contributed by atoms with Crippen molar-refractivity contribution in [1.29, 1.82) is 0 Å². The van der Waals surface area contributed by atoms with E-state index in [4.69, 9.17) is 0 Å². The third-order valence-electron chi connectivity index (χ3n) is 2.91. The van der Waals surface area contributed by atoms with Crippen molar-refractivity contribution < 1.29 is 0 Å². The number of nitrogens with zero attached hydrogens (tertiary/aromatic N) is 2. The van der Waals surface area contributed by atoms with Gasteiger partial charge >= 0.3 is 0 Å². The maximum Gasteiger partial charge on any atom is 0.276 e. The lowest BCUT2D eigenvalue weighted by molar-refractivity contribution is 0.856. The zero-order chi connectivity index (χ0) is 10.6. The van der Waals surface area contributed by atoms with Crippen LogP contribution >= 0.6 is 22.6 Å². The Morgan fingerprint density at radius 2 is 2.27 bits per heavy atom. The van der Waals surface area contributed by atoms with Crippen LogP contribution in [0.15, 0.2) is 4.79 Å². The number of hydrogen-bond acceptors (Lipinski definition) is 2. The smallest absolute Gasteiger partial charge is 0.276 e. The third-order valence-corrected chi connectivity index (χ3v) is 4.20. The summed E-state index contributed by atoms with van der Waals surface area (Å²) >= 11 is 2.23. The van der Waals surface area contributed by atoms with Gasteiger partial charge in [0.2, 0.25) is 0 Å². The normalized spacial score (nSPS) is 14.8. The molecular weight excluding hydrogens is 305 g/mol. The molecule has 1 aliphatic rings. The molecule has 2 heterocycles. The van der Waals surface area contributed by atoms with Crippen molar-refractivity contribution >= 4 is 28.2 Å². The lowest BCUT2D eigenvalue weighted by atomic mass is 10.2. The predicted octanol–water partition coefficient (Wildman–Crippen LogP) is 1.42. The summed E-state index contributed by atoms with van der Waals surface area (Å²) < 4.78 is 2.61. The molecule has 4 nitrogen and oxygen atoms in total. The van der Waals surface area contributed by atoms with Crippen LogP contribution in [-0.2, 0) is 12.8 Å². The highest BCUT2D eigenvalue weighted by molar-refractivity contribution is 14.1. The first-order chi connectivity index (χ1) is 7.18. The van der Waals surface area contributed by atoms with E-state index in [2.05, 4.69) is 32.7 Å². The van der Waals surface area contributed by atoms with Gasteiger partial charge in [0.1, 0.15) is 0 Å². The number of H-pyrrole nitrogens is 1. The summed E-state index contributed by atoms with van der Waals surface area (Å²) in [6.45, 7) is 1.96. The van der Waals surface area contributed by atoms with Crippen molar-refractivity contribution in [1.82, 2.24) is 14.6 Å². The first-order valence-corrected chi connectivity index (χ1v) is 6.05. The van der Waals surface area contributed by atoms with Crippen LogP contribution < -0.4 is 5.56 Å². The number of fused-ring (bicyclic) bond motifs is 2. The van der Waals surface area contributed by atoms with Crippen molar-refractivity contribution in [2.24, 2.45) is 0 Å². The van der Waals surface area contributed by atoms with Gasteiger partial charge < -0.3 is 0 Å². The van der Waals surface area contributed by atoms with E-state index < -0.39 is 0 Å². The third kappa shape index (κ3) is 1.18. The Labute approximate surface area is 99.8 Å². The fourth-order valence-corrected chi connectivity index (χ4v) is 2.61. The molecule has 0 spiro atoms. The van der Waals surface area contributed by atoms with Crippen LogP contribution in [0.25, 0.3) is 5.65 Å². The molecule has 0 radical (unpaired) electrons. The Hall–Kier alpha value is -0.850. The van der Waals surface area contributed by atoms with Gasteiger partial charge in [-0.3, -0.25) is 9.89 Å². The number of rotatable bonds is 0. The Bertz CT molecular complexity index is 611. The van der Waals surface area contributed by atoms with E-state index in [9.17, 15) is 4.79 Å². The molecule has 2 aromatic heterocycles. The number of aryl methyl sites for hydroxylation is 2. The highest BCUT2D eigenvalue weighted by atomic mass is 127. The summed E-state index contributed by atoms with van der Waals surface area (Å²) in [4.78, 5) is 16.6. The quantitative estimate of drug-likeness (QED) is 0.748. The molecule has 0 atom stereocenters. The molecule has 0 saturated carbocycles. The molecule has 0 amide bonds. The number of halogens is 1. The second-order valence-electron chi connectivity index (χ2n) is 3.91. The van der Waals surface area contributed by atoms with Crippen LogP contribution in [0.3, 0.4) is 0 Å². The molecule has 0 aliphatic heterocycles. The van der Waals surface area contributed by atoms with Crippen LogP contribution in [0.5, 0.6) is 0 Å².